The zero-order valence-electron chi connectivity index (χ0n) is 48.9. The van der Waals surface area contributed by atoms with E-state index in [-0.39, 0.29) is 18.5 Å². The number of hydrogen-bond acceptors (Lipinski definition) is 5. The molecule has 0 bridgehead atoms. The smallest absolute Gasteiger partial charge is 0.305 e. The van der Waals surface area contributed by atoms with Crippen LogP contribution in [0.2, 0.25) is 0 Å². The number of carbonyl (C=O) groups is 2. The largest absolute Gasteiger partial charge is 0.466 e. The molecule has 0 saturated carbocycles. The highest BCUT2D eigenvalue weighted by molar-refractivity contribution is 5.76. The minimum absolute atomic E-state index is 0.0194. The molecule has 2 atom stereocenters. The van der Waals surface area contributed by atoms with Crippen LogP contribution in [0.4, 0.5) is 0 Å². The molecule has 6 heteroatoms. The number of carbonyl (C=O) groups excluding carboxylic acids is 2. The minimum Gasteiger partial charge on any atom is -0.466 e. The molecule has 0 rings (SSSR count). The monoisotopic (exact) mass is 1020 g/mol. The Labute approximate surface area is 450 Å². The lowest BCUT2D eigenvalue weighted by molar-refractivity contribution is -0.143. The van der Waals surface area contributed by atoms with Crippen LogP contribution >= 0.6 is 0 Å². The predicted molar refractivity (Wildman–Crippen MR) is 315 cm³/mol. The molecule has 1 amide bonds. The SMILES string of the molecule is CCCCCCCCCCCCCCC/C=C/C(O)C(CO)NC(=O)CCCCCCCCCCCCCCCCCCCCCCCCCCCCCCCOC(=O)CCCCCCCCCCCCC. The Morgan fingerprint density at radius 3 is 0.944 bits per heavy atom. The van der Waals surface area contributed by atoms with Crippen molar-refractivity contribution in [2.24, 2.45) is 0 Å². The Balaban J connectivity index is 3.35. The highest BCUT2D eigenvalue weighted by Crippen LogP contribution is 2.19. The maximum atomic E-state index is 12.5. The molecule has 0 heterocycles. The third-order valence-electron chi connectivity index (χ3n) is 15.6. The van der Waals surface area contributed by atoms with Gasteiger partial charge in [-0.05, 0) is 32.1 Å². The van der Waals surface area contributed by atoms with Crippen molar-refractivity contribution in [2.75, 3.05) is 13.2 Å². The summed E-state index contributed by atoms with van der Waals surface area (Å²) >= 11 is 0. The van der Waals surface area contributed by atoms with Gasteiger partial charge in [0, 0.05) is 12.8 Å². The van der Waals surface area contributed by atoms with E-state index < -0.39 is 12.1 Å². The number of amides is 1. The second-order valence-electron chi connectivity index (χ2n) is 22.8. The number of rotatable bonds is 62. The van der Waals surface area contributed by atoms with Crippen LogP contribution in [0.3, 0.4) is 0 Å². The summed E-state index contributed by atoms with van der Waals surface area (Å²) < 4.78 is 5.47. The number of aliphatic hydroxyl groups excluding tert-OH is 2. The van der Waals surface area contributed by atoms with E-state index in [1.54, 1.807) is 6.08 Å². The molecule has 2 unspecified atom stereocenters. The summed E-state index contributed by atoms with van der Waals surface area (Å²) in [7, 11) is 0. The summed E-state index contributed by atoms with van der Waals surface area (Å²) in [5, 5.41) is 23.1. The summed E-state index contributed by atoms with van der Waals surface area (Å²) in [6.07, 6.45) is 75.6. The van der Waals surface area contributed by atoms with E-state index in [1.165, 1.54) is 308 Å². The van der Waals surface area contributed by atoms with E-state index in [1.807, 2.05) is 6.08 Å². The number of esters is 1. The summed E-state index contributed by atoms with van der Waals surface area (Å²) in [4.78, 5) is 24.5. The Morgan fingerprint density at radius 2 is 0.639 bits per heavy atom. The molecular weight excluding hydrogens is 887 g/mol. The van der Waals surface area contributed by atoms with Gasteiger partial charge in [-0.3, -0.25) is 9.59 Å². The lowest BCUT2D eigenvalue weighted by Crippen LogP contribution is -2.45. The van der Waals surface area contributed by atoms with Gasteiger partial charge in [0.05, 0.1) is 25.4 Å². The molecule has 0 aliphatic carbocycles. The fourth-order valence-corrected chi connectivity index (χ4v) is 10.5. The second-order valence-corrected chi connectivity index (χ2v) is 22.8. The first-order valence-electron chi connectivity index (χ1n) is 33.0. The summed E-state index contributed by atoms with van der Waals surface area (Å²) in [5.74, 6) is -0.0424. The Kier molecular flexibility index (Phi) is 60.9. The van der Waals surface area contributed by atoms with Gasteiger partial charge < -0.3 is 20.3 Å². The third kappa shape index (κ3) is 57.9. The number of aliphatic hydroxyl groups is 2. The molecule has 0 fully saturated rings. The molecule has 0 radical (unpaired) electrons. The average molecular weight is 1020 g/mol. The maximum Gasteiger partial charge on any atom is 0.305 e. The molecular formula is C66H129NO5. The average Bonchev–Trinajstić information content (AvgIpc) is 3.38. The van der Waals surface area contributed by atoms with Crippen LogP contribution in [-0.2, 0) is 14.3 Å². The van der Waals surface area contributed by atoms with Crippen LogP contribution < -0.4 is 5.32 Å². The lowest BCUT2D eigenvalue weighted by atomic mass is 10.0. The van der Waals surface area contributed by atoms with Gasteiger partial charge in [-0.25, -0.2) is 0 Å². The molecule has 0 aromatic carbocycles. The summed E-state index contributed by atoms with van der Waals surface area (Å²) in [6, 6.07) is -0.624. The Morgan fingerprint density at radius 1 is 0.375 bits per heavy atom. The quantitative estimate of drug-likeness (QED) is 0.0320. The van der Waals surface area contributed by atoms with Gasteiger partial charge in [0.15, 0.2) is 0 Å². The van der Waals surface area contributed by atoms with E-state index in [0.29, 0.717) is 19.4 Å². The molecule has 0 saturated heterocycles. The van der Waals surface area contributed by atoms with E-state index in [4.69, 9.17) is 4.74 Å². The molecule has 0 aromatic heterocycles. The van der Waals surface area contributed by atoms with Crippen molar-refractivity contribution >= 4 is 11.9 Å². The predicted octanol–water partition coefficient (Wildman–Crippen LogP) is 20.8. The lowest BCUT2D eigenvalue weighted by Gasteiger charge is -2.20. The second kappa shape index (κ2) is 62.1. The molecule has 0 aliphatic rings. The molecule has 428 valence electrons. The van der Waals surface area contributed by atoms with E-state index in [0.717, 1.165) is 38.5 Å². The van der Waals surface area contributed by atoms with Crippen LogP contribution in [0.15, 0.2) is 12.2 Å². The summed E-state index contributed by atoms with van der Waals surface area (Å²) in [5.41, 5.74) is 0. The van der Waals surface area contributed by atoms with Gasteiger partial charge in [0.1, 0.15) is 0 Å². The van der Waals surface area contributed by atoms with Crippen LogP contribution in [-0.4, -0.2) is 47.4 Å². The zero-order valence-corrected chi connectivity index (χ0v) is 48.9. The van der Waals surface area contributed by atoms with Crippen LogP contribution in [0.5, 0.6) is 0 Å². The molecule has 0 aliphatic heterocycles. The van der Waals surface area contributed by atoms with Crippen molar-refractivity contribution in [3.63, 3.8) is 0 Å². The first-order valence-corrected chi connectivity index (χ1v) is 33.0. The van der Waals surface area contributed by atoms with Crippen molar-refractivity contribution in [1.82, 2.24) is 5.32 Å². The number of allylic oxidation sites excluding steroid dienone is 1. The molecule has 72 heavy (non-hydrogen) atoms. The topological polar surface area (TPSA) is 95.9 Å². The standard InChI is InChI=1S/C66H129NO5/c1-3-5-7-9-11-13-15-16-32-35-39-42-46-50-54-58-64(69)63(62-68)67-65(70)59-55-51-47-43-40-36-33-30-28-26-24-22-20-18-17-19-21-23-25-27-29-31-34-37-41-45-49-53-57-61-72-66(71)60-56-52-48-44-38-14-12-10-8-6-4-2/h54,58,63-64,68-69H,3-53,55-57,59-62H2,1-2H3,(H,67,70)/b58-54+. The summed E-state index contributed by atoms with van der Waals surface area (Å²) in [6.45, 7) is 4.93. The van der Waals surface area contributed by atoms with Gasteiger partial charge in [-0.15, -0.1) is 0 Å². The maximum absolute atomic E-state index is 12.5. The first-order chi connectivity index (χ1) is 35.5. The van der Waals surface area contributed by atoms with Gasteiger partial charge in [-0.2, -0.15) is 0 Å². The van der Waals surface area contributed by atoms with Crippen molar-refractivity contribution < 1.29 is 24.5 Å². The van der Waals surface area contributed by atoms with Crippen molar-refractivity contribution in [3.05, 3.63) is 12.2 Å². The number of hydrogen-bond donors (Lipinski definition) is 3. The Bertz CT molecular complexity index is 1080. The number of nitrogens with one attached hydrogen (secondary N) is 1. The highest BCUT2D eigenvalue weighted by Gasteiger charge is 2.18. The van der Waals surface area contributed by atoms with Gasteiger partial charge in [0.25, 0.3) is 0 Å². The zero-order chi connectivity index (χ0) is 52.2. The number of ether oxygens (including phenoxy) is 1. The van der Waals surface area contributed by atoms with E-state index >= 15 is 0 Å². The fourth-order valence-electron chi connectivity index (χ4n) is 10.5. The Hall–Kier alpha value is -1.40. The van der Waals surface area contributed by atoms with Crippen molar-refractivity contribution in [3.8, 4) is 0 Å². The molecule has 0 aromatic rings. The molecule has 6 nitrogen and oxygen atoms in total. The minimum atomic E-state index is -0.841. The fraction of sp³-hybridized carbons (Fsp3) is 0.939. The molecule has 0 spiro atoms. The van der Waals surface area contributed by atoms with Gasteiger partial charge in [-0.1, -0.05) is 341 Å². The van der Waals surface area contributed by atoms with Crippen molar-refractivity contribution in [2.45, 2.75) is 386 Å². The highest BCUT2D eigenvalue weighted by atomic mass is 16.5. The normalized spacial score (nSPS) is 12.6. The van der Waals surface area contributed by atoms with Crippen LogP contribution in [0.25, 0.3) is 0 Å². The third-order valence-corrected chi connectivity index (χ3v) is 15.6. The van der Waals surface area contributed by atoms with Crippen LogP contribution in [0, 0.1) is 0 Å². The number of unbranched alkanes of at least 4 members (excludes halogenated alkanes) is 51. The van der Waals surface area contributed by atoms with E-state index in [9.17, 15) is 19.8 Å². The van der Waals surface area contributed by atoms with Crippen LogP contribution in [0.1, 0.15) is 373 Å². The van der Waals surface area contributed by atoms with E-state index in [2.05, 4.69) is 19.2 Å². The first kappa shape index (κ1) is 70.6. The van der Waals surface area contributed by atoms with Gasteiger partial charge >= 0.3 is 5.97 Å². The van der Waals surface area contributed by atoms with Gasteiger partial charge in [0.2, 0.25) is 5.91 Å². The van der Waals surface area contributed by atoms with Crippen molar-refractivity contribution in [1.29, 1.82) is 0 Å². The molecule has 3 N–H and O–H groups in total.